The van der Waals surface area contributed by atoms with Crippen molar-refractivity contribution in [2.75, 3.05) is 7.05 Å². The summed E-state index contributed by atoms with van der Waals surface area (Å²) in [5.74, 6) is -1.12. The van der Waals surface area contributed by atoms with Crippen molar-refractivity contribution < 1.29 is 14.3 Å². The molecule has 0 radical (unpaired) electrons. The molecule has 0 bridgehead atoms. The lowest BCUT2D eigenvalue weighted by atomic mass is 10.0. The van der Waals surface area contributed by atoms with Gasteiger partial charge in [-0.25, -0.2) is 4.39 Å². The smallest absolute Gasteiger partial charge is 0.304 e. The molecule has 1 atom stereocenters. The highest BCUT2D eigenvalue weighted by molar-refractivity contribution is 5.67. The zero-order valence-electron chi connectivity index (χ0n) is 8.53. The van der Waals surface area contributed by atoms with Crippen LogP contribution in [0.5, 0.6) is 0 Å². The minimum Gasteiger partial charge on any atom is -0.481 e. The Morgan fingerprint density at radius 1 is 1.47 bits per heavy atom. The van der Waals surface area contributed by atoms with Gasteiger partial charge in [0.05, 0.1) is 6.42 Å². The fraction of sp³-hybridized carbons (Fsp3) is 0.364. The molecule has 0 spiro atoms. The van der Waals surface area contributed by atoms with E-state index in [0.717, 1.165) is 5.56 Å². The molecule has 0 aliphatic carbocycles. The van der Waals surface area contributed by atoms with E-state index in [1.165, 1.54) is 12.1 Å². The number of aliphatic carboxylic acids is 1. The number of rotatable bonds is 5. The molecule has 2 N–H and O–H groups in total. The lowest BCUT2D eigenvalue weighted by molar-refractivity contribution is -0.137. The molecule has 3 nitrogen and oxygen atoms in total. The first-order valence-corrected chi connectivity index (χ1v) is 4.75. The van der Waals surface area contributed by atoms with E-state index in [1.807, 2.05) is 0 Å². The maximum absolute atomic E-state index is 12.6. The normalized spacial score (nSPS) is 12.4. The molecule has 0 heterocycles. The van der Waals surface area contributed by atoms with Crippen LogP contribution in [0.1, 0.15) is 12.0 Å². The van der Waals surface area contributed by atoms with Crippen molar-refractivity contribution in [3.8, 4) is 0 Å². The Bertz CT molecular complexity index is 324. The summed E-state index contributed by atoms with van der Waals surface area (Å²) in [7, 11) is 1.72. The van der Waals surface area contributed by atoms with Crippen molar-refractivity contribution in [1.82, 2.24) is 5.32 Å². The number of carboxylic acid groups (broad SMARTS) is 1. The van der Waals surface area contributed by atoms with Gasteiger partial charge in [0.15, 0.2) is 0 Å². The van der Waals surface area contributed by atoms with Crippen LogP contribution in [0.2, 0.25) is 0 Å². The van der Waals surface area contributed by atoms with E-state index in [2.05, 4.69) is 5.32 Å². The summed E-state index contributed by atoms with van der Waals surface area (Å²) in [5, 5.41) is 11.6. The van der Waals surface area contributed by atoms with Crippen LogP contribution in [0.25, 0.3) is 0 Å². The van der Waals surface area contributed by atoms with E-state index >= 15 is 0 Å². The molecule has 15 heavy (non-hydrogen) atoms. The second kappa shape index (κ2) is 5.46. The predicted molar refractivity (Wildman–Crippen MR) is 55.2 cm³/mol. The van der Waals surface area contributed by atoms with Gasteiger partial charge in [-0.3, -0.25) is 4.79 Å². The van der Waals surface area contributed by atoms with Gasteiger partial charge in [0.25, 0.3) is 0 Å². The van der Waals surface area contributed by atoms with E-state index in [4.69, 9.17) is 5.11 Å². The number of benzene rings is 1. The Morgan fingerprint density at radius 3 is 2.53 bits per heavy atom. The molecule has 0 amide bonds. The fourth-order valence-corrected chi connectivity index (χ4v) is 1.39. The molecular weight excluding hydrogens is 197 g/mol. The van der Waals surface area contributed by atoms with Gasteiger partial charge in [0, 0.05) is 6.04 Å². The number of hydrogen-bond donors (Lipinski definition) is 2. The first kappa shape index (κ1) is 11.7. The molecule has 0 aromatic heterocycles. The molecule has 0 aliphatic heterocycles. The van der Waals surface area contributed by atoms with Crippen LogP contribution in [0.4, 0.5) is 4.39 Å². The Hall–Kier alpha value is -1.42. The lowest BCUT2D eigenvalue weighted by Gasteiger charge is -2.13. The second-order valence-corrected chi connectivity index (χ2v) is 3.41. The third kappa shape index (κ3) is 4.08. The monoisotopic (exact) mass is 211 g/mol. The predicted octanol–water partition coefficient (Wildman–Crippen LogP) is 1.43. The van der Waals surface area contributed by atoms with Crippen molar-refractivity contribution in [1.29, 1.82) is 0 Å². The van der Waals surface area contributed by atoms with Crippen molar-refractivity contribution in [3.05, 3.63) is 35.6 Å². The molecule has 0 saturated carbocycles. The van der Waals surface area contributed by atoms with Gasteiger partial charge in [0.1, 0.15) is 5.82 Å². The van der Waals surface area contributed by atoms with Crippen molar-refractivity contribution in [2.45, 2.75) is 18.9 Å². The molecule has 4 heteroatoms. The average Bonchev–Trinajstić information content (AvgIpc) is 2.19. The summed E-state index contributed by atoms with van der Waals surface area (Å²) in [6.07, 6.45) is 0.650. The van der Waals surface area contributed by atoms with Gasteiger partial charge < -0.3 is 10.4 Å². The van der Waals surface area contributed by atoms with Crippen molar-refractivity contribution in [3.63, 3.8) is 0 Å². The first-order chi connectivity index (χ1) is 7.11. The van der Waals surface area contributed by atoms with Gasteiger partial charge in [0.2, 0.25) is 0 Å². The minimum atomic E-state index is -0.837. The highest BCUT2D eigenvalue weighted by Crippen LogP contribution is 2.07. The topological polar surface area (TPSA) is 49.3 Å². The van der Waals surface area contributed by atoms with Crippen LogP contribution in [0.3, 0.4) is 0 Å². The molecule has 1 aromatic rings. The van der Waals surface area contributed by atoms with E-state index in [1.54, 1.807) is 19.2 Å². The molecule has 82 valence electrons. The maximum Gasteiger partial charge on any atom is 0.304 e. The molecular formula is C11H14FNO2. The van der Waals surface area contributed by atoms with Gasteiger partial charge in [-0.05, 0) is 31.2 Å². The largest absolute Gasteiger partial charge is 0.481 e. The van der Waals surface area contributed by atoms with Crippen LogP contribution >= 0.6 is 0 Å². The molecule has 0 aliphatic rings. The summed E-state index contributed by atoms with van der Waals surface area (Å²) < 4.78 is 12.6. The van der Waals surface area contributed by atoms with Crippen LogP contribution in [-0.2, 0) is 11.2 Å². The van der Waals surface area contributed by atoms with Crippen molar-refractivity contribution in [2.24, 2.45) is 0 Å². The average molecular weight is 211 g/mol. The summed E-state index contributed by atoms with van der Waals surface area (Å²) >= 11 is 0. The quantitative estimate of drug-likeness (QED) is 0.774. The maximum atomic E-state index is 12.6. The van der Waals surface area contributed by atoms with Gasteiger partial charge in [-0.1, -0.05) is 12.1 Å². The van der Waals surface area contributed by atoms with E-state index in [9.17, 15) is 9.18 Å². The Kier molecular flexibility index (Phi) is 4.24. The second-order valence-electron chi connectivity index (χ2n) is 3.41. The molecule has 0 saturated heterocycles. The fourth-order valence-electron chi connectivity index (χ4n) is 1.39. The van der Waals surface area contributed by atoms with Gasteiger partial charge in [-0.15, -0.1) is 0 Å². The highest BCUT2D eigenvalue weighted by Gasteiger charge is 2.11. The third-order valence-electron chi connectivity index (χ3n) is 2.22. The summed E-state index contributed by atoms with van der Waals surface area (Å²) in [4.78, 5) is 10.5. The van der Waals surface area contributed by atoms with Gasteiger partial charge >= 0.3 is 5.97 Å². The number of halogens is 1. The molecule has 1 rings (SSSR count). The minimum absolute atomic E-state index is 0.0634. The summed E-state index contributed by atoms with van der Waals surface area (Å²) in [5.41, 5.74) is 0.928. The Balaban J connectivity index is 2.58. The van der Waals surface area contributed by atoms with Crippen LogP contribution in [-0.4, -0.2) is 24.2 Å². The number of likely N-dealkylation sites (N-methyl/N-ethyl adjacent to an activating group) is 1. The van der Waals surface area contributed by atoms with E-state index in [0.29, 0.717) is 6.42 Å². The molecule has 1 unspecified atom stereocenters. The lowest BCUT2D eigenvalue weighted by Crippen LogP contribution is -2.30. The summed E-state index contributed by atoms with van der Waals surface area (Å²) in [6, 6.07) is 5.97. The Labute approximate surface area is 87.9 Å². The van der Waals surface area contributed by atoms with Crippen molar-refractivity contribution >= 4 is 5.97 Å². The first-order valence-electron chi connectivity index (χ1n) is 4.75. The zero-order chi connectivity index (χ0) is 11.3. The van der Waals surface area contributed by atoms with Crippen LogP contribution in [0, 0.1) is 5.82 Å². The Morgan fingerprint density at radius 2 is 2.07 bits per heavy atom. The van der Waals surface area contributed by atoms with E-state index in [-0.39, 0.29) is 18.3 Å². The standard InChI is InChI=1S/C11H14FNO2/c1-13-10(7-11(14)15)6-8-2-4-9(12)5-3-8/h2-5,10,13H,6-7H2,1H3,(H,14,15). The van der Waals surface area contributed by atoms with Gasteiger partial charge in [-0.2, -0.15) is 0 Å². The SMILES string of the molecule is CNC(CC(=O)O)Cc1ccc(F)cc1. The van der Waals surface area contributed by atoms with Crippen LogP contribution < -0.4 is 5.32 Å². The van der Waals surface area contributed by atoms with E-state index < -0.39 is 5.97 Å². The highest BCUT2D eigenvalue weighted by atomic mass is 19.1. The van der Waals surface area contributed by atoms with Crippen LogP contribution in [0.15, 0.2) is 24.3 Å². The number of nitrogens with one attached hydrogen (secondary N) is 1. The third-order valence-corrected chi connectivity index (χ3v) is 2.22. The summed E-state index contributed by atoms with van der Waals surface area (Å²) in [6.45, 7) is 0. The zero-order valence-corrected chi connectivity index (χ0v) is 8.53. The molecule has 0 fully saturated rings. The number of hydrogen-bond acceptors (Lipinski definition) is 2. The number of carboxylic acids is 1. The number of carbonyl (C=O) groups is 1. The molecule has 1 aromatic carbocycles.